The van der Waals surface area contributed by atoms with Crippen LogP contribution < -0.4 is 14.8 Å². The molecule has 1 heterocycles. The molecule has 0 bridgehead atoms. The minimum absolute atomic E-state index is 0.0270. The molecule has 7 heteroatoms. The summed E-state index contributed by atoms with van der Waals surface area (Å²) in [4.78, 5) is 36.6. The van der Waals surface area contributed by atoms with Crippen molar-refractivity contribution in [3.63, 3.8) is 0 Å². The Morgan fingerprint density at radius 1 is 1.00 bits per heavy atom. The van der Waals surface area contributed by atoms with Crippen molar-refractivity contribution in [1.82, 2.24) is 0 Å². The van der Waals surface area contributed by atoms with Crippen LogP contribution in [0.15, 0.2) is 66.7 Å². The van der Waals surface area contributed by atoms with Crippen molar-refractivity contribution in [2.75, 3.05) is 12.4 Å². The lowest BCUT2D eigenvalue weighted by molar-refractivity contribution is -0.156. The number of hydrogen-bond donors (Lipinski definition) is 2. The molecule has 3 aromatic rings. The van der Waals surface area contributed by atoms with E-state index in [0.29, 0.717) is 23.5 Å². The first kappa shape index (κ1) is 21.7. The van der Waals surface area contributed by atoms with Gasteiger partial charge in [-0.1, -0.05) is 42.5 Å². The number of carbonyl (C=O) groups is 3. The van der Waals surface area contributed by atoms with Crippen molar-refractivity contribution in [1.29, 1.82) is 0 Å². The molecule has 0 saturated heterocycles. The summed E-state index contributed by atoms with van der Waals surface area (Å²) in [5, 5.41) is 12.8. The number of benzene rings is 3. The van der Waals surface area contributed by atoms with E-state index in [9.17, 15) is 19.5 Å². The molecule has 1 aliphatic carbocycles. The number of ether oxygens (including phenoxy) is 2. The average Bonchev–Trinajstić information content (AvgIpc) is 3.18. The van der Waals surface area contributed by atoms with Gasteiger partial charge < -0.3 is 19.9 Å². The van der Waals surface area contributed by atoms with Gasteiger partial charge in [0.25, 0.3) is 0 Å². The summed E-state index contributed by atoms with van der Waals surface area (Å²) in [7, 11) is 1.50. The number of aliphatic carboxylic acids is 1. The summed E-state index contributed by atoms with van der Waals surface area (Å²) in [5.41, 5.74) is 2.88. The predicted octanol–water partition coefficient (Wildman–Crippen LogP) is 4.19. The number of carbonyl (C=O) groups excluding carboxylic acids is 2. The van der Waals surface area contributed by atoms with Gasteiger partial charge in [-0.3, -0.25) is 14.4 Å². The van der Waals surface area contributed by atoms with Crippen molar-refractivity contribution in [3.05, 3.63) is 77.9 Å². The third kappa shape index (κ3) is 3.69. The molecule has 2 aliphatic rings. The fraction of sp³-hybridized carbons (Fsp3) is 0.222. The Morgan fingerprint density at radius 3 is 2.53 bits per heavy atom. The average molecular weight is 457 g/mol. The first-order valence-corrected chi connectivity index (χ1v) is 11.0. The lowest BCUT2D eigenvalue weighted by Crippen LogP contribution is -2.51. The van der Waals surface area contributed by atoms with E-state index in [4.69, 9.17) is 9.47 Å². The van der Waals surface area contributed by atoms with Crippen molar-refractivity contribution >= 4 is 23.5 Å². The van der Waals surface area contributed by atoms with Crippen LogP contribution in [0.3, 0.4) is 0 Å². The molecule has 2 N–H and O–H groups in total. The number of nitrogens with one attached hydrogen (secondary N) is 1. The van der Waals surface area contributed by atoms with Gasteiger partial charge in [0.1, 0.15) is 11.5 Å². The minimum Gasteiger partial charge on any atom is -0.496 e. The van der Waals surface area contributed by atoms with Crippen LogP contribution in [0.5, 0.6) is 11.5 Å². The quantitative estimate of drug-likeness (QED) is 0.425. The lowest BCUT2D eigenvalue weighted by atomic mass is 9.58. The van der Waals surface area contributed by atoms with Gasteiger partial charge in [0.05, 0.1) is 24.9 Å². The van der Waals surface area contributed by atoms with E-state index < -0.39 is 23.3 Å². The Morgan fingerprint density at radius 2 is 1.76 bits per heavy atom. The summed E-state index contributed by atoms with van der Waals surface area (Å²) in [6, 6.07) is 19.9. The van der Waals surface area contributed by atoms with Crippen LogP contribution in [0.2, 0.25) is 0 Å². The van der Waals surface area contributed by atoms with Crippen molar-refractivity contribution in [2.24, 2.45) is 5.92 Å². The van der Waals surface area contributed by atoms with E-state index >= 15 is 0 Å². The van der Waals surface area contributed by atoms with Gasteiger partial charge in [-0.25, -0.2) is 0 Å². The number of fused-ring (bicyclic) bond motifs is 1. The van der Waals surface area contributed by atoms with E-state index in [1.165, 1.54) is 7.11 Å². The molecule has 34 heavy (non-hydrogen) atoms. The lowest BCUT2D eigenvalue weighted by Gasteiger charge is -2.43. The van der Waals surface area contributed by atoms with Crippen LogP contribution in [-0.4, -0.2) is 30.1 Å². The molecule has 1 fully saturated rings. The van der Waals surface area contributed by atoms with Crippen LogP contribution in [0.4, 0.5) is 5.69 Å². The van der Waals surface area contributed by atoms with E-state index in [0.717, 1.165) is 22.4 Å². The summed E-state index contributed by atoms with van der Waals surface area (Å²) >= 11 is 0. The number of anilines is 1. The number of amides is 1. The molecule has 0 radical (unpaired) electrons. The highest BCUT2D eigenvalue weighted by Gasteiger charge is 2.56. The summed E-state index contributed by atoms with van der Waals surface area (Å²) in [6.07, 6.45) is 0.666. The molecule has 0 unspecified atom stereocenters. The molecular weight excluding hydrogens is 434 g/mol. The number of carboxylic acids is 1. The highest BCUT2D eigenvalue weighted by atomic mass is 16.5. The Balaban J connectivity index is 1.31. The zero-order chi connectivity index (χ0) is 23.9. The largest absolute Gasteiger partial charge is 0.496 e. The second-order valence-corrected chi connectivity index (χ2v) is 8.74. The summed E-state index contributed by atoms with van der Waals surface area (Å²) in [5.74, 6) is -1.11. The normalized spacial score (nSPS) is 20.6. The van der Waals surface area contributed by atoms with Gasteiger partial charge in [-0.15, -0.1) is 0 Å². The maximum atomic E-state index is 12.8. The van der Waals surface area contributed by atoms with Crippen LogP contribution >= 0.6 is 0 Å². The smallest absolute Gasteiger partial charge is 0.314 e. The van der Waals surface area contributed by atoms with E-state index in [1.54, 1.807) is 42.5 Å². The maximum absolute atomic E-state index is 12.8. The van der Waals surface area contributed by atoms with Gasteiger partial charge in [0.15, 0.2) is 0 Å². The molecule has 172 valence electrons. The SMILES string of the molecule is COc1ccccc1C1(C(=O)O)CC(C(=O)Oc2cccc(-c3ccc4c(c3)NC(=O)C4)c2)C1. The Hall–Kier alpha value is -4.13. The van der Waals surface area contributed by atoms with Gasteiger partial charge >= 0.3 is 11.9 Å². The zero-order valence-corrected chi connectivity index (χ0v) is 18.5. The second kappa shape index (κ2) is 8.33. The van der Waals surface area contributed by atoms with Crippen LogP contribution in [0.1, 0.15) is 24.0 Å². The summed E-state index contributed by atoms with van der Waals surface area (Å²) in [6.45, 7) is 0. The number of methoxy groups -OCH3 is 1. The zero-order valence-electron chi connectivity index (χ0n) is 18.5. The van der Waals surface area contributed by atoms with Crippen molar-refractivity contribution in [2.45, 2.75) is 24.7 Å². The first-order chi connectivity index (χ1) is 16.4. The molecule has 7 nitrogen and oxygen atoms in total. The maximum Gasteiger partial charge on any atom is 0.314 e. The molecule has 1 aliphatic heterocycles. The van der Waals surface area contributed by atoms with E-state index in [-0.39, 0.29) is 18.7 Å². The van der Waals surface area contributed by atoms with Gasteiger partial charge in [-0.2, -0.15) is 0 Å². The van der Waals surface area contributed by atoms with Crippen molar-refractivity contribution < 1.29 is 29.0 Å². The number of carboxylic acid groups (broad SMARTS) is 1. The third-order valence-electron chi connectivity index (χ3n) is 6.68. The van der Waals surface area contributed by atoms with Gasteiger partial charge in [-0.05, 0) is 53.8 Å². The molecule has 5 rings (SSSR count). The monoisotopic (exact) mass is 457 g/mol. The van der Waals surface area contributed by atoms with Crippen LogP contribution in [0, 0.1) is 5.92 Å². The molecule has 0 aromatic heterocycles. The molecular formula is C27H23NO6. The van der Waals surface area contributed by atoms with Crippen molar-refractivity contribution in [3.8, 4) is 22.6 Å². The Bertz CT molecular complexity index is 1310. The van der Waals surface area contributed by atoms with Crippen LogP contribution in [0.25, 0.3) is 11.1 Å². The predicted molar refractivity (Wildman–Crippen MR) is 125 cm³/mol. The van der Waals surface area contributed by atoms with Gasteiger partial charge in [0.2, 0.25) is 5.91 Å². The Labute approximate surface area is 196 Å². The second-order valence-electron chi connectivity index (χ2n) is 8.74. The Kier molecular flexibility index (Phi) is 5.32. The third-order valence-corrected chi connectivity index (χ3v) is 6.68. The number of hydrogen-bond acceptors (Lipinski definition) is 5. The van der Waals surface area contributed by atoms with Crippen LogP contribution in [-0.2, 0) is 26.2 Å². The first-order valence-electron chi connectivity index (χ1n) is 11.0. The van der Waals surface area contributed by atoms with E-state index in [2.05, 4.69) is 5.32 Å². The minimum atomic E-state index is -1.17. The van der Waals surface area contributed by atoms with Gasteiger partial charge in [0, 0.05) is 11.3 Å². The fourth-order valence-corrected chi connectivity index (χ4v) is 4.83. The molecule has 0 atom stereocenters. The fourth-order valence-electron chi connectivity index (χ4n) is 4.83. The molecule has 1 amide bonds. The summed E-state index contributed by atoms with van der Waals surface area (Å²) < 4.78 is 11.0. The highest BCUT2D eigenvalue weighted by molar-refractivity contribution is 6.00. The number of esters is 1. The number of rotatable bonds is 6. The van der Waals surface area contributed by atoms with E-state index in [1.807, 2.05) is 24.3 Å². The highest BCUT2D eigenvalue weighted by Crippen LogP contribution is 2.51. The molecule has 3 aromatic carbocycles. The molecule has 1 saturated carbocycles. The number of para-hydroxylation sites is 1. The molecule has 0 spiro atoms. The topological polar surface area (TPSA) is 102 Å². The standard InChI is InChI=1S/C27H23NO6/c1-33-23-8-3-2-7-21(23)27(26(31)32)14-19(15-27)25(30)34-20-6-4-5-16(11-20)17-9-10-18-13-24(29)28-22(18)12-17/h2-12,19H,13-15H2,1H3,(H,28,29)(H,31,32).